The third kappa shape index (κ3) is 5.10. The van der Waals surface area contributed by atoms with Crippen LogP contribution in [0, 0.1) is 0 Å². The van der Waals surface area contributed by atoms with Gasteiger partial charge in [0.05, 0.1) is 0 Å². The second-order valence-corrected chi connectivity index (χ2v) is 5.38. The van der Waals surface area contributed by atoms with Crippen molar-refractivity contribution in [2.45, 2.75) is 25.3 Å². The average Bonchev–Trinajstić information content (AvgIpc) is 2.39. The van der Waals surface area contributed by atoms with E-state index in [0.29, 0.717) is 18.9 Å². The third-order valence-corrected chi connectivity index (χ3v) is 3.59. The molecule has 1 aromatic rings. The van der Waals surface area contributed by atoms with Gasteiger partial charge in [0, 0.05) is 6.54 Å². The predicted molar refractivity (Wildman–Crippen MR) is 77.3 cm³/mol. The van der Waals surface area contributed by atoms with Crippen molar-refractivity contribution in [3.63, 3.8) is 0 Å². The molecule has 0 fully saturated rings. The van der Waals surface area contributed by atoms with Gasteiger partial charge in [-0.3, -0.25) is 4.79 Å². The molecule has 0 aliphatic heterocycles. The zero-order valence-electron chi connectivity index (χ0n) is 10.9. The molecule has 0 amide bonds. The number of carbonyl (C=O) groups is 1. The summed E-state index contributed by atoms with van der Waals surface area (Å²) < 4.78 is 0. The first-order valence-corrected chi connectivity index (χ1v) is 7.54. The Morgan fingerprint density at radius 3 is 2.61 bits per heavy atom. The number of aliphatic carboxylic acids is 1. The molecule has 0 aliphatic carbocycles. The topological polar surface area (TPSA) is 49.3 Å². The fourth-order valence-corrected chi connectivity index (χ4v) is 2.24. The number of thioether (sulfide) groups is 1. The molecule has 4 heteroatoms. The summed E-state index contributed by atoms with van der Waals surface area (Å²) in [4.78, 5) is 11.1. The Bertz CT molecular complexity index is 356. The molecule has 0 bridgehead atoms. The lowest BCUT2D eigenvalue weighted by molar-refractivity contribution is -0.139. The van der Waals surface area contributed by atoms with Gasteiger partial charge >= 0.3 is 5.97 Å². The molecule has 0 spiro atoms. The van der Waals surface area contributed by atoms with Crippen LogP contribution in [0.3, 0.4) is 0 Å². The normalized spacial score (nSPS) is 14.1. The SMILES string of the molecule is CSCC[C@@H](NC[C@H](C)c1ccccc1)C(=O)O. The molecule has 0 saturated carbocycles. The van der Waals surface area contributed by atoms with E-state index in [0.717, 1.165) is 5.75 Å². The number of hydrogen-bond donors (Lipinski definition) is 2. The van der Waals surface area contributed by atoms with Crippen molar-refractivity contribution in [3.8, 4) is 0 Å². The van der Waals surface area contributed by atoms with E-state index in [1.54, 1.807) is 11.8 Å². The van der Waals surface area contributed by atoms with Gasteiger partial charge in [0.15, 0.2) is 0 Å². The number of rotatable bonds is 8. The highest BCUT2D eigenvalue weighted by atomic mass is 32.2. The van der Waals surface area contributed by atoms with Gasteiger partial charge in [-0.2, -0.15) is 11.8 Å². The van der Waals surface area contributed by atoms with Crippen molar-refractivity contribution in [3.05, 3.63) is 35.9 Å². The molecular weight excluding hydrogens is 246 g/mol. The van der Waals surface area contributed by atoms with Crippen LogP contribution in [0.15, 0.2) is 30.3 Å². The Balaban J connectivity index is 2.44. The highest BCUT2D eigenvalue weighted by Gasteiger charge is 2.17. The van der Waals surface area contributed by atoms with Crippen molar-refractivity contribution < 1.29 is 9.90 Å². The van der Waals surface area contributed by atoms with E-state index in [2.05, 4.69) is 24.4 Å². The zero-order chi connectivity index (χ0) is 13.4. The summed E-state index contributed by atoms with van der Waals surface area (Å²) in [5.41, 5.74) is 1.24. The second kappa shape index (κ2) is 8.16. The van der Waals surface area contributed by atoms with Crippen LogP contribution in [-0.4, -0.2) is 35.7 Å². The molecule has 1 rings (SSSR count). The van der Waals surface area contributed by atoms with Crippen LogP contribution in [0.2, 0.25) is 0 Å². The van der Waals surface area contributed by atoms with E-state index < -0.39 is 12.0 Å². The molecule has 18 heavy (non-hydrogen) atoms. The van der Waals surface area contributed by atoms with E-state index in [9.17, 15) is 4.79 Å². The number of nitrogens with one attached hydrogen (secondary N) is 1. The van der Waals surface area contributed by atoms with E-state index >= 15 is 0 Å². The first kappa shape index (κ1) is 15.1. The molecule has 3 nitrogen and oxygen atoms in total. The maximum absolute atomic E-state index is 11.1. The van der Waals surface area contributed by atoms with Gasteiger partial charge in [-0.15, -0.1) is 0 Å². The van der Waals surface area contributed by atoms with Crippen LogP contribution >= 0.6 is 11.8 Å². The zero-order valence-corrected chi connectivity index (χ0v) is 11.7. The molecule has 0 unspecified atom stereocenters. The minimum Gasteiger partial charge on any atom is -0.480 e. The lowest BCUT2D eigenvalue weighted by Crippen LogP contribution is -2.39. The first-order valence-electron chi connectivity index (χ1n) is 6.15. The quantitative estimate of drug-likeness (QED) is 0.760. The largest absolute Gasteiger partial charge is 0.480 e. The van der Waals surface area contributed by atoms with Crippen LogP contribution in [0.25, 0.3) is 0 Å². The van der Waals surface area contributed by atoms with Crippen LogP contribution in [0.4, 0.5) is 0 Å². The molecule has 0 aromatic heterocycles. The summed E-state index contributed by atoms with van der Waals surface area (Å²) in [6, 6.07) is 9.71. The lowest BCUT2D eigenvalue weighted by Gasteiger charge is -2.18. The lowest BCUT2D eigenvalue weighted by atomic mass is 10.0. The average molecular weight is 267 g/mol. The summed E-state index contributed by atoms with van der Waals surface area (Å²) >= 11 is 1.67. The van der Waals surface area contributed by atoms with Gasteiger partial charge in [-0.25, -0.2) is 0 Å². The minimum atomic E-state index is -0.760. The molecule has 2 N–H and O–H groups in total. The Morgan fingerprint density at radius 2 is 2.06 bits per heavy atom. The first-order chi connectivity index (χ1) is 8.65. The fraction of sp³-hybridized carbons (Fsp3) is 0.500. The molecular formula is C14H21NO2S. The third-order valence-electron chi connectivity index (χ3n) is 2.95. The Morgan fingerprint density at radius 1 is 1.39 bits per heavy atom. The molecule has 100 valence electrons. The van der Waals surface area contributed by atoms with Crippen molar-refractivity contribution in [1.29, 1.82) is 0 Å². The van der Waals surface area contributed by atoms with Crippen molar-refractivity contribution in [1.82, 2.24) is 5.32 Å². The molecule has 2 atom stereocenters. The van der Waals surface area contributed by atoms with Gasteiger partial charge in [-0.05, 0) is 29.9 Å². The second-order valence-electron chi connectivity index (χ2n) is 4.39. The Kier molecular flexibility index (Phi) is 6.83. The smallest absolute Gasteiger partial charge is 0.320 e. The summed E-state index contributed by atoms with van der Waals surface area (Å²) in [6.07, 6.45) is 2.66. The predicted octanol–water partition coefficient (Wildman–Crippen LogP) is 2.59. The van der Waals surface area contributed by atoms with E-state index in [4.69, 9.17) is 5.11 Å². The molecule has 1 aromatic carbocycles. The Hall–Kier alpha value is -1.00. The maximum atomic E-state index is 11.1. The number of carboxylic acid groups (broad SMARTS) is 1. The number of hydrogen-bond acceptors (Lipinski definition) is 3. The summed E-state index contributed by atoms with van der Waals surface area (Å²) in [5.74, 6) is 0.426. The summed E-state index contributed by atoms with van der Waals surface area (Å²) in [6.45, 7) is 2.80. The number of carboxylic acids is 1. The van der Waals surface area contributed by atoms with Gasteiger partial charge < -0.3 is 10.4 Å². The van der Waals surface area contributed by atoms with Gasteiger partial charge in [-0.1, -0.05) is 37.3 Å². The molecule has 0 radical (unpaired) electrons. The highest BCUT2D eigenvalue weighted by Crippen LogP contribution is 2.13. The molecule has 0 heterocycles. The van der Waals surface area contributed by atoms with E-state index in [1.165, 1.54) is 5.56 Å². The van der Waals surface area contributed by atoms with Gasteiger partial charge in [0.1, 0.15) is 6.04 Å². The Labute approximate surface area is 113 Å². The minimum absolute atomic E-state index is 0.322. The van der Waals surface area contributed by atoms with Crippen LogP contribution in [0.5, 0.6) is 0 Å². The van der Waals surface area contributed by atoms with Gasteiger partial charge in [0.2, 0.25) is 0 Å². The van der Waals surface area contributed by atoms with Crippen LogP contribution in [0.1, 0.15) is 24.8 Å². The maximum Gasteiger partial charge on any atom is 0.320 e. The van der Waals surface area contributed by atoms with Crippen LogP contribution in [-0.2, 0) is 4.79 Å². The molecule has 0 aliphatic rings. The monoisotopic (exact) mass is 267 g/mol. The van der Waals surface area contributed by atoms with Crippen molar-refractivity contribution in [2.75, 3.05) is 18.6 Å². The van der Waals surface area contributed by atoms with Gasteiger partial charge in [0.25, 0.3) is 0 Å². The van der Waals surface area contributed by atoms with E-state index in [-0.39, 0.29) is 0 Å². The number of benzene rings is 1. The standard InChI is InChI=1S/C14H21NO2S/c1-11(12-6-4-3-5-7-12)10-15-13(14(16)17)8-9-18-2/h3-7,11,13,15H,8-10H2,1-2H3,(H,16,17)/t11-,13+/m0/s1. The highest BCUT2D eigenvalue weighted by molar-refractivity contribution is 7.98. The summed E-state index contributed by atoms with van der Waals surface area (Å²) in [7, 11) is 0. The fourth-order valence-electron chi connectivity index (χ4n) is 1.77. The molecule has 0 saturated heterocycles. The van der Waals surface area contributed by atoms with Crippen molar-refractivity contribution in [2.24, 2.45) is 0 Å². The van der Waals surface area contributed by atoms with Crippen molar-refractivity contribution >= 4 is 17.7 Å². The van der Waals surface area contributed by atoms with Crippen LogP contribution < -0.4 is 5.32 Å². The van der Waals surface area contributed by atoms with E-state index in [1.807, 2.05) is 24.5 Å². The summed E-state index contributed by atoms with van der Waals surface area (Å²) in [5, 5.41) is 12.3.